The van der Waals surface area contributed by atoms with E-state index < -0.39 is 4.92 Å². The number of nitrogens with one attached hydrogen (secondary N) is 1. The highest BCUT2D eigenvalue weighted by atomic mass is 35.5. The van der Waals surface area contributed by atoms with Gasteiger partial charge in [-0.2, -0.15) is 0 Å². The van der Waals surface area contributed by atoms with Crippen molar-refractivity contribution >= 4 is 35.0 Å². The molecule has 0 saturated carbocycles. The Morgan fingerprint density at radius 1 is 1.23 bits per heavy atom. The molecule has 0 saturated heterocycles. The van der Waals surface area contributed by atoms with Crippen LogP contribution in [0.3, 0.4) is 0 Å². The van der Waals surface area contributed by atoms with Gasteiger partial charge in [-0.3, -0.25) is 14.9 Å². The van der Waals surface area contributed by atoms with Gasteiger partial charge < -0.3 is 5.32 Å². The van der Waals surface area contributed by atoms with E-state index in [-0.39, 0.29) is 11.6 Å². The van der Waals surface area contributed by atoms with E-state index in [1.165, 1.54) is 18.2 Å². The molecule has 112 valence electrons. The van der Waals surface area contributed by atoms with Crippen molar-refractivity contribution in [2.45, 2.75) is 6.92 Å². The first-order chi connectivity index (χ1) is 10.5. The summed E-state index contributed by atoms with van der Waals surface area (Å²) in [5, 5.41) is 14.1. The van der Waals surface area contributed by atoms with Crippen LogP contribution in [0.4, 0.5) is 11.4 Å². The summed E-state index contributed by atoms with van der Waals surface area (Å²) in [5.41, 5.74) is 1.68. The third kappa shape index (κ3) is 3.71. The number of hydrogen-bond acceptors (Lipinski definition) is 3. The maximum Gasteiger partial charge on any atom is 0.276 e. The quantitative estimate of drug-likeness (QED) is 0.521. The number of nitro benzene ring substituents is 1. The topological polar surface area (TPSA) is 72.2 Å². The van der Waals surface area contributed by atoms with E-state index in [0.717, 1.165) is 5.56 Å². The second-order valence-electron chi connectivity index (χ2n) is 4.55. The molecule has 0 fully saturated rings. The largest absolute Gasteiger partial charge is 0.322 e. The van der Waals surface area contributed by atoms with Crippen LogP contribution in [0.25, 0.3) is 6.08 Å². The van der Waals surface area contributed by atoms with Crippen molar-refractivity contribution in [1.82, 2.24) is 0 Å². The molecule has 0 spiro atoms. The van der Waals surface area contributed by atoms with Crippen LogP contribution in [0.1, 0.15) is 11.1 Å². The Kier molecular flexibility index (Phi) is 4.91. The maximum atomic E-state index is 11.9. The van der Waals surface area contributed by atoms with Gasteiger partial charge in [0.05, 0.1) is 10.5 Å². The summed E-state index contributed by atoms with van der Waals surface area (Å²) in [7, 11) is 0. The first kappa shape index (κ1) is 15.7. The first-order valence-electron chi connectivity index (χ1n) is 6.46. The number of hydrogen-bond donors (Lipinski definition) is 1. The Balaban J connectivity index is 2.16. The Morgan fingerprint density at radius 3 is 2.68 bits per heavy atom. The van der Waals surface area contributed by atoms with Crippen LogP contribution in [0.5, 0.6) is 0 Å². The first-order valence-corrected chi connectivity index (χ1v) is 6.84. The van der Waals surface area contributed by atoms with E-state index in [1.807, 2.05) is 0 Å². The molecule has 0 bridgehead atoms. The normalized spacial score (nSPS) is 10.6. The highest BCUT2D eigenvalue weighted by molar-refractivity contribution is 6.31. The smallest absolute Gasteiger partial charge is 0.276 e. The molecule has 0 unspecified atom stereocenters. The minimum atomic E-state index is -0.487. The van der Waals surface area contributed by atoms with Gasteiger partial charge >= 0.3 is 0 Å². The predicted molar refractivity (Wildman–Crippen MR) is 86.9 cm³/mol. The Hall–Kier alpha value is -2.66. The summed E-state index contributed by atoms with van der Waals surface area (Å²) in [6.07, 6.45) is 2.66. The molecule has 22 heavy (non-hydrogen) atoms. The molecule has 5 nitrogen and oxygen atoms in total. The minimum Gasteiger partial charge on any atom is -0.322 e. The fourth-order valence-electron chi connectivity index (χ4n) is 1.88. The number of para-hydroxylation sites is 1. The molecule has 6 heteroatoms. The van der Waals surface area contributed by atoms with E-state index in [2.05, 4.69) is 5.32 Å². The van der Waals surface area contributed by atoms with Gasteiger partial charge in [0.15, 0.2) is 0 Å². The molecule has 2 rings (SSSR count). The SMILES string of the molecule is Cc1c(Cl)cccc1NC(=O)/C=C/c1ccccc1[N+](=O)[O-]. The summed E-state index contributed by atoms with van der Waals surface area (Å²) >= 11 is 5.98. The molecule has 2 aromatic carbocycles. The summed E-state index contributed by atoms with van der Waals surface area (Å²) < 4.78 is 0. The standard InChI is InChI=1S/C16H13ClN2O3/c1-11-13(17)6-4-7-14(11)18-16(20)10-9-12-5-2-3-8-15(12)19(21)22/h2-10H,1H3,(H,18,20)/b10-9+. The maximum absolute atomic E-state index is 11.9. The summed E-state index contributed by atoms with van der Waals surface area (Å²) in [5.74, 6) is -0.386. The van der Waals surface area contributed by atoms with Crippen LogP contribution < -0.4 is 5.32 Å². The van der Waals surface area contributed by atoms with Crippen molar-refractivity contribution < 1.29 is 9.72 Å². The van der Waals surface area contributed by atoms with E-state index in [0.29, 0.717) is 16.3 Å². The molecule has 0 aromatic heterocycles. The van der Waals surface area contributed by atoms with Crippen molar-refractivity contribution in [3.8, 4) is 0 Å². The monoisotopic (exact) mass is 316 g/mol. The number of benzene rings is 2. The van der Waals surface area contributed by atoms with Crippen molar-refractivity contribution in [2.75, 3.05) is 5.32 Å². The summed E-state index contributed by atoms with van der Waals surface area (Å²) in [6.45, 7) is 1.80. The van der Waals surface area contributed by atoms with Gasteiger partial charge in [-0.25, -0.2) is 0 Å². The lowest BCUT2D eigenvalue weighted by Gasteiger charge is -2.07. The molecule has 2 aromatic rings. The highest BCUT2D eigenvalue weighted by Crippen LogP contribution is 2.23. The number of anilines is 1. The van der Waals surface area contributed by atoms with Crippen LogP contribution in [-0.4, -0.2) is 10.8 Å². The predicted octanol–water partition coefficient (Wildman–Crippen LogP) is 4.21. The van der Waals surface area contributed by atoms with Crippen molar-refractivity contribution in [2.24, 2.45) is 0 Å². The molecular formula is C16H13ClN2O3. The minimum absolute atomic E-state index is 0.0505. The molecule has 0 atom stereocenters. The Morgan fingerprint density at radius 2 is 1.95 bits per heavy atom. The van der Waals surface area contributed by atoms with Crippen molar-refractivity contribution in [1.29, 1.82) is 0 Å². The molecule has 0 aliphatic heterocycles. The van der Waals surface area contributed by atoms with Gasteiger partial charge in [0.1, 0.15) is 0 Å². The third-order valence-electron chi connectivity index (χ3n) is 3.07. The Labute approximate surface area is 132 Å². The number of nitrogens with zero attached hydrogens (tertiary/aromatic N) is 1. The molecule has 0 radical (unpaired) electrons. The van der Waals surface area contributed by atoms with Crippen molar-refractivity contribution in [3.63, 3.8) is 0 Å². The van der Waals surface area contributed by atoms with Crippen LogP contribution >= 0.6 is 11.6 Å². The number of carbonyl (C=O) groups is 1. The zero-order chi connectivity index (χ0) is 16.1. The van der Waals surface area contributed by atoms with Gasteiger partial charge in [0.25, 0.3) is 5.69 Å². The van der Waals surface area contributed by atoms with Gasteiger partial charge in [-0.1, -0.05) is 29.8 Å². The molecule has 0 aliphatic carbocycles. The molecule has 0 aliphatic rings. The van der Waals surface area contributed by atoms with Crippen LogP contribution in [0.15, 0.2) is 48.5 Å². The summed E-state index contributed by atoms with van der Waals surface area (Å²) in [6, 6.07) is 11.4. The Bertz CT molecular complexity index is 757. The lowest BCUT2D eigenvalue weighted by atomic mass is 10.1. The number of rotatable bonds is 4. The zero-order valence-electron chi connectivity index (χ0n) is 11.7. The lowest BCUT2D eigenvalue weighted by Crippen LogP contribution is -2.09. The fraction of sp³-hybridized carbons (Fsp3) is 0.0625. The lowest BCUT2D eigenvalue weighted by molar-refractivity contribution is -0.385. The average Bonchev–Trinajstić information content (AvgIpc) is 2.50. The zero-order valence-corrected chi connectivity index (χ0v) is 12.5. The number of amides is 1. The van der Waals surface area contributed by atoms with Crippen LogP contribution in [0.2, 0.25) is 5.02 Å². The van der Waals surface area contributed by atoms with E-state index in [9.17, 15) is 14.9 Å². The second kappa shape index (κ2) is 6.87. The molecule has 1 amide bonds. The highest BCUT2D eigenvalue weighted by Gasteiger charge is 2.10. The van der Waals surface area contributed by atoms with E-state index in [4.69, 9.17) is 11.6 Å². The summed E-state index contributed by atoms with van der Waals surface area (Å²) in [4.78, 5) is 22.3. The molecule has 1 N–H and O–H groups in total. The average molecular weight is 317 g/mol. The van der Waals surface area contributed by atoms with E-state index >= 15 is 0 Å². The number of nitro groups is 1. The number of carbonyl (C=O) groups excluding carboxylic acids is 1. The van der Waals surface area contributed by atoms with Gasteiger partial charge in [-0.15, -0.1) is 0 Å². The second-order valence-corrected chi connectivity index (χ2v) is 4.96. The fourth-order valence-corrected chi connectivity index (χ4v) is 2.05. The van der Waals surface area contributed by atoms with Gasteiger partial charge in [-0.05, 0) is 36.8 Å². The van der Waals surface area contributed by atoms with Gasteiger partial charge in [0, 0.05) is 22.9 Å². The molecular weight excluding hydrogens is 304 g/mol. The van der Waals surface area contributed by atoms with E-state index in [1.54, 1.807) is 43.3 Å². The molecule has 0 heterocycles. The van der Waals surface area contributed by atoms with Crippen molar-refractivity contribution in [3.05, 3.63) is 74.8 Å². The van der Waals surface area contributed by atoms with Crippen LogP contribution in [0, 0.1) is 17.0 Å². The van der Waals surface area contributed by atoms with Crippen LogP contribution in [-0.2, 0) is 4.79 Å². The van der Waals surface area contributed by atoms with Gasteiger partial charge in [0.2, 0.25) is 5.91 Å². The third-order valence-corrected chi connectivity index (χ3v) is 3.48. The number of halogens is 1.